The van der Waals surface area contributed by atoms with E-state index in [1.165, 1.54) is 25.3 Å². The molecule has 0 spiro atoms. The summed E-state index contributed by atoms with van der Waals surface area (Å²) in [6, 6.07) is 4.58. The maximum atomic E-state index is 13.7. The van der Waals surface area contributed by atoms with E-state index in [9.17, 15) is 14.0 Å². The van der Waals surface area contributed by atoms with Gasteiger partial charge in [0.05, 0.1) is 11.6 Å². The van der Waals surface area contributed by atoms with E-state index >= 15 is 0 Å². The number of carbonyl (C=O) groups is 2. The molecule has 0 aromatic heterocycles. The summed E-state index contributed by atoms with van der Waals surface area (Å²) in [7, 11) is 0. The third-order valence-electron chi connectivity index (χ3n) is 5.33. The number of fused-ring (bicyclic) bond motifs is 1. The smallest absolute Gasteiger partial charge is 0.232 e. The number of hydrogen-bond donors (Lipinski definition) is 2. The monoisotopic (exact) mass is 318 g/mol. The van der Waals surface area contributed by atoms with E-state index in [4.69, 9.17) is 0 Å². The van der Waals surface area contributed by atoms with Crippen molar-refractivity contribution in [3.8, 4) is 0 Å². The molecule has 1 aliphatic carbocycles. The maximum absolute atomic E-state index is 13.7. The first-order valence-corrected chi connectivity index (χ1v) is 8.24. The van der Waals surface area contributed by atoms with Crippen molar-refractivity contribution in [3.05, 3.63) is 29.6 Å². The number of nitrogens with one attached hydrogen (secondary N) is 2. The van der Waals surface area contributed by atoms with Gasteiger partial charge in [-0.05, 0) is 35.8 Å². The summed E-state index contributed by atoms with van der Waals surface area (Å²) < 4.78 is 13.7. The van der Waals surface area contributed by atoms with Crippen molar-refractivity contribution in [2.75, 3.05) is 11.9 Å². The van der Waals surface area contributed by atoms with Crippen molar-refractivity contribution in [3.63, 3.8) is 0 Å². The highest BCUT2D eigenvalue weighted by atomic mass is 19.1. The number of halogens is 1. The highest BCUT2D eigenvalue weighted by Gasteiger charge is 2.36. The average molecular weight is 318 g/mol. The first kappa shape index (κ1) is 16.0. The zero-order chi connectivity index (χ0) is 16.6. The number of hydrogen-bond acceptors (Lipinski definition) is 2. The van der Waals surface area contributed by atoms with Gasteiger partial charge in [-0.2, -0.15) is 0 Å². The van der Waals surface area contributed by atoms with Gasteiger partial charge in [-0.3, -0.25) is 9.59 Å². The molecule has 4 nitrogen and oxygen atoms in total. The van der Waals surface area contributed by atoms with Crippen LogP contribution in [0.5, 0.6) is 0 Å². The van der Waals surface area contributed by atoms with Gasteiger partial charge >= 0.3 is 0 Å². The van der Waals surface area contributed by atoms with Crippen molar-refractivity contribution in [2.45, 2.75) is 45.4 Å². The normalized spacial score (nSPS) is 20.7. The Balaban J connectivity index is 1.60. The van der Waals surface area contributed by atoms with E-state index in [0.717, 1.165) is 0 Å². The molecule has 0 radical (unpaired) electrons. The zero-order valence-electron chi connectivity index (χ0n) is 13.6. The Morgan fingerprint density at radius 1 is 1.39 bits per heavy atom. The minimum atomic E-state index is -0.604. The Morgan fingerprint density at radius 2 is 2.13 bits per heavy atom. The molecule has 5 heteroatoms. The Kier molecular flexibility index (Phi) is 4.13. The van der Waals surface area contributed by atoms with Crippen LogP contribution < -0.4 is 10.6 Å². The summed E-state index contributed by atoms with van der Waals surface area (Å²) in [6.07, 6.45) is 3.77. The second-order valence-corrected chi connectivity index (χ2v) is 7.34. The quantitative estimate of drug-likeness (QED) is 0.876. The second kappa shape index (κ2) is 5.95. The molecule has 0 bridgehead atoms. The van der Waals surface area contributed by atoms with E-state index in [1.54, 1.807) is 12.1 Å². The second-order valence-electron chi connectivity index (χ2n) is 7.34. The lowest BCUT2D eigenvalue weighted by molar-refractivity contribution is -0.125. The molecule has 1 saturated carbocycles. The fourth-order valence-electron chi connectivity index (χ4n) is 3.44. The molecule has 1 heterocycles. The lowest BCUT2D eigenvalue weighted by Gasteiger charge is -2.40. The predicted octanol–water partition coefficient (Wildman–Crippen LogP) is 3.19. The standard InChI is InChI=1S/C18H23FN2O2/c1-18(2,11-5-3-6-11)10-20-15(22)9-13-12-7-4-8-14(19)16(12)21-17(13)23/h4,7-8,11,13H,3,5-6,9-10H2,1-2H3,(H,20,22)(H,21,23)/t13-/m0/s1. The Morgan fingerprint density at radius 3 is 2.78 bits per heavy atom. The molecule has 1 fully saturated rings. The van der Waals surface area contributed by atoms with Gasteiger partial charge in [-0.15, -0.1) is 0 Å². The third kappa shape index (κ3) is 3.09. The Bertz CT molecular complexity index is 638. The highest BCUT2D eigenvalue weighted by molar-refractivity contribution is 6.05. The lowest BCUT2D eigenvalue weighted by Crippen LogP contribution is -2.41. The van der Waals surface area contributed by atoms with Crippen molar-refractivity contribution >= 4 is 17.5 Å². The van der Waals surface area contributed by atoms with Crippen LogP contribution in [-0.4, -0.2) is 18.4 Å². The van der Waals surface area contributed by atoms with Crippen LogP contribution in [0.1, 0.15) is 51.0 Å². The van der Waals surface area contributed by atoms with Crippen LogP contribution in [0.4, 0.5) is 10.1 Å². The van der Waals surface area contributed by atoms with E-state index in [0.29, 0.717) is 18.0 Å². The van der Waals surface area contributed by atoms with Gasteiger partial charge in [0, 0.05) is 13.0 Å². The molecule has 1 aliphatic heterocycles. The molecule has 2 N–H and O–H groups in total. The van der Waals surface area contributed by atoms with E-state index in [1.807, 2.05) is 0 Å². The van der Waals surface area contributed by atoms with Crippen LogP contribution in [0.15, 0.2) is 18.2 Å². The van der Waals surface area contributed by atoms with Crippen LogP contribution in [-0.2, 0) is 9.59 Å². The van der Waals surface area contributed by atoms with Crippen molar-refractivity contribution < 1.29 is 14.0 Å². The summed E-state index contributed by atoms with van der Waals surface area (Å²) in [5, 5.41) is 5.49. The summed E-state index contributed by atoms with van der Waals surface area (Å²) >= 11 is 0. The molecule has 0 unspecified atom stereocenters. The predicted molar refractivity (Wildman–Crippen MR) is 86.5 cm³/mol. The third-order valence-corrected chi connectivity index (χ3v) is 5.33. The molecule has 23 heavy (non-hydrogen) atoms. The van der Waals surface area contributed by atoms with Crippen molar-refractivity contribution in [1.29, 1.82) is 0 Å². The number of para-hydroxylation sites is 1. The van der Waals surface area contributed by atoms with Gasteiger partial charge in [-0.1, -0.05) is 32.4 Å². The first-order valence-electron chi connectivity index (χ1n) is 8.24. The fraction of sp³-hybridized carbons (Fsp3) is 0.556. The van der Waals surface area contributed by atoms with E-state index in [2.05, 4.69) is 24.5 Å². The average Bonchev–Trinajstić information content (AvgIpc) is 2.73. The Hall–Kier alpha value is -1.91. The number of carbonyl (C=O) groups excluding carboxylic acids is 2. The molecular formula is C18H23FN2O2. The SMILES string of the molecule is CC(C)(CNC(=O)C[C@@H]1C(=O)Nc2c(F)cccc21)C1CCC1. The van der Waals surface area contributed by atoms with Crippen LogP contribution in [0, 0.1) is 17.2 Å². The molecule has 3 rings (SSSR count). The number of rotatable bonds is 5. The van der Waals surface area contributed by atoms with Gasteiger partial charge < -0.3 is 10.6 Å². The Labute approximate surface area is 135 Å². The van der Waals surface area contributed by atoms with Gasteiger partial charge in [0.2, 0.25) is 11.8 Å². The molecule has 1 aromatic carbocycles. The highest BCUT2D eigenvalue weighted by Crippen LogP contribution is 2.41. The minimum absolute atomic E-state index is 0.0586. The van der Waals surface area contributed by atoms with Crippen LogP contribution >= 0.6 is 0 Å². The molecule has 124 valence electrons. The van der Waals surface area contributed by atoms with Crippen LogP contribution in [0.2, 0.25) is 0 Å². The van der Waals surface area contributed by atoms with Gasteiger partial charge in [0.1, 0.15) is 5.82 Å². The lowest BCUT2D eigenvalue weighted by atomic mass is 9.67. The van der Waals surface area contributed by atoms with Gasteiger partial charge in [0.25, 0.3) is 0 Å². The molecule has 0 saturated heterocycles. The molecule has 2 amide bonds. The summed E-state index contributed by atoms with van der Waals surface area (Å²) in [6.45, 7) is 4.95. The molecule has 1 aromatic rings. The minimum Gasteiger partial charge on any atom is -0.356 e. The van der Waals surface area contributed by atoms with Gasteiger partial charge in [-0.25, -0.2) is 4.39 Å². The fourth-order valence-corrected chi connectivity index (χ4v) is 3.44. The van der Waals surface area contributed by atoms with Crippen molar-refractivity contribution in [2.24, 2.45) is 11.3 Å². The zero-order valence-corrected chi connectivity index (χ0v) is 13.6. The molecule has 1 atom stereocenters. The summed E-state index contributed by atoms with van der Waals surface area (Å²) in [4.78, 5) is 24.3. The topological polar surface area (TPSA) is 58.2 Å². The number of amides is 2. The largest absolute Gasteiger partial charge is 0.356 e. The number of benzene rings is 1. The first-order chi connectivity index (χ1) is 10.9. The number of anilines is 1. The molecule has 2 aliphatic rings. The van der Waals surface area contributed by atoms with Crippen LogP contribution in [0.25, 0.3) is 0 Å². The van der Waals surface area contributed by atoms with E-state index in [-0.39, 0.29) is 29.3 Å². The summed E-state index contributed by atoms with van der Waals surface area (Å²) in [5.41, 5.74) is 0.865. The summed E-state index contributed by atoms with van der Waals surface area (Å²) in [5.74, 6) is -0.863. The molecular weight excluding hydrogens is 295 g/mol. The van der Waals surface area contributed by atoms with Crippen LogP contribution in [0.3, 0.4) is 0 Å². The maximum Gasteiger partial charge on any atom is 0.232 e. The van der Waals surface area contributed by atoms with E-state index < -0.39 is 11.7 Å². The van der Waals surface area contributed by atoms with Crippen molar-refractivity contribution in [1.82, 2.24) is 5.32 Å². The van der Waals surface area contributed by atoms with Gasteiger partial charge in [0.15, 0.2) is 0 Å².